The van der Waals surface area contributed by atoms with E-state index in [1.165, 1.54) is 0 Å². The number of nitrogens with zero attached hydrogens (tertiary/aromatic N) is 2. The molecule has 0 radical (unpaired) electrons. The molecule has 1 aliphatic rings. The Bertz CT molecular complexity index is 563. The molecular formula is C12H11BrN2O. The van der Waals surface area contributed by atoms with E-state index in [0.717, 1.165) is 23.0 Å². The third-order valence-corrected chi connectivity index (χ3v) is 3.38. The molecule has 0 bridgehead atoms. The molecule has 1 aliphatic carbocycles. The fourth-order valence-corrected chi connectivity index (χ4v) is 2.08. The molecular weight excluding hydrogens is 268 g/mol. The molecule has 0 aliphatic heterocycles. The van der Waals surface area contributed by atoms with Crippen molar-refractivity contribution in [2.45, 2.75) is 18.9 Å². The first-order valence-electron chi connectivity index (χ1n) is 5.31. The molecule has 2 aromatic rings. The van der Waals surface area contributed by atoms with Crippen LogP contribution in [0.3, 0.4) is 0 Å². The first-order chi connectivity index (χ1) is 7.75. The minimum Gasteiger partial charge on any atom is -0.296 e. The van der Waals surface area contributed by atoms with Gasteiger partial charge in [-0.3, -0.25) is 9.13 Å². The van der Waals surface area contributed by atoms with Gasteiger partial charge in [0.15, 0.2) is 0 Å². The monoisotopic (exact) mass is 278 g/mol. The zero-order chi connectivity index (χ0) is 11.1. The summed E-state index contributed by atoms with van der Waals surface area (Å²) >= 11 is 3.38. The highest BCUT2D eigenvalue weighted by molar-refractivity contribution is 9.10. The summed E-state index contributed by atoms with van der Waals surface area (Å²) in [6, 6.07) is 8.18. The largest absolute Gasteiger partial charge is 0.332 e. The van der Waals surface area contributed by atoms with Gasteiger partial charge < -0.3 is 0 Å². The number of imidazole rings is 1. The van der Waals surface area contributed by atoms with Gasteiger partial charge in [0.25, 0.3) is 0 Å². The Labute approximate surface area is 101 Å². The highest BCUT2D eigenvalue weighted by Crippen LogP contribution is 2.33. The van der Waals surface area contributed by atoms with E-state index in [9.17, 15) is 4.79 Å². The van der Waals surface area contributed by atoms with Crippen LogP contribution < -0.4 is 5.69 Å². The van der Waals surface area contributed by atoms with E-state index in [1.807, 2.05) is 41.2 Å². The Morgan fingerprint density at radius 1 is 1.12 bits per heavy atom. The maximum atomic E-state index is 12.0. The molecule has 1 aromatic heterocycles. The van der Waals surface area contributed by atoms with Crippen molar-refractivity contribution in [2.24, 2.45) is 0 Å². The van der Waals surface area contributed by atoms with Crippen molar-refractivity contribution >= 4 is 15.9 Å². The van der Waals surface area contributed by atoms with Crippen LogP contribution in [0.15, 0.2) is 45.9 Å². The van der Waals surface area contributed by atoms with Crippen LogP contribution >= 0.6 is 15.9 Å². The van der Waals surface area contributed by atoms with Crippen molar-refractivity contribution in [3.05, 3.63) is 51.6 Å². The molecule has 1 heterocycles. The summed E-state index contributed by atoms with van der Waals surface area (Å²) < 4.78 is 4.53. The second kappa shape index (κ2) is 3.63. The van der Waals surface area contributed by atoms with Crippen LogP contribution in [0, 0.1) is 0 Å². The van der Waals surface area contributed by atoms with Gasteiger partial charge in [-0.05, 0) is 37.1 Å². The number of rotatable bonds is 2. The predicted molar refractivity (Wildman–Crippen MR) is 66.0 cm³/mol. The number of hydrogen-bond acceptors (Lipinski definition) is 1. The average Bonchev–Trinajstić information content (AvgIpc) is 3.05. The lowest BCUT2D eigenvalue weighted by atomic mass is 10.3. The quantitative estimate of drug-likeness (QED) is 0.830. The van der Waals surface area contributed by atoms with E-state index in [0.29, 0.717) is 6.04 Å². The van der Waals surface area contributed by atoms with Crippen molar-refractivity contribution in [2.75, 3.05) is 0 Å². The minimum absolute atomic E-state index is 0.0600. The molecule has 1 fully saturated rings. The summed E-state index contributed by atoms with van der Waals surface area (Å²) in [6.45, 7) is 0. The predicted octanol–water partition coefficient (Wildman–Crippen LogP) is 2.74. The first kappa shape index (κ1) is 9.90. The SMILES string of the molecule is O=c1n(-c2ccc(Br)cc2)ccn1C1CC1. The van der Waals surface area contributed by atoms with Crippen LogP contribution in [-0.4, -0.2) is 9.13 Å². The van der Waals surface area contributed by atoms with Crippen LogP contribution in [-0.2, 0) is 0 Å². The van der Waals surface area contributed by atoms with Crippen molar-refractivity contribution in [1.29, 1.82) is 0 Å². The summed E-state index contributed by atoms with van der Waals surface area (Å²) in [7, 11) is 0. The van der Waals surface area contributed by atoms with Crippen molar-refractivity contribution in [3.63, 3.8) is 0 Å². The van der Waals surface area contributed by atoms with Crippen LogP contribution in [0.2, 0.25) is 0 Å². The van der Waals surface area contributed by atoms with E-state index >= 15 is 0 Å². The second-order valence-corrected chi connectivity index (χ2v) is 4.98. The van der Waals surface area contributed by atoms with E-state index in [-0.39, 0.29) is 5.69 Å². The lowest BCUT2D eigenvalue weighted by Crippen LogP contribution is -2.22. The van der Waals surface area contributed by atoms with Gasteiger partial charge >= 0.3 is 5.69 Å². The van der Waals surface area contributed by atoms with Gasteiger partial charge in [-0.15, -0.1) is 0 Å². The number of aromatic nitrogens is 2. The lowest BCUT2D eigenvalue weighted by Gasteiger charge is -2.01. The lowest BCUT2D eigenvalue weighted by molar-refractivity contribution is 0.695. The van der Waals surface area contributed by atoms with Gasteiger partial charge in [-0.2, -0.15) is 0 Å². The topological polar surface area (TPSA) is 26.9 Å². The molecule has 4 heteroatoms. The maximum absolute atomic E-state index is 12.0. The fraction of sp³-hybridized carbons (Fsp3) is 0.250. The van der Waals surface area contributed by atoms with Crippen molar-refractivity contribution < 1.29 is 0 Å². The summed E-state index contributed by atoms with van der Waals surface area (Å²) in [4.78, 5) is 12.0. The number of halogens is 1. The highest BCUT2D eigenvalue weighted by atomic mass is 79.9. The number of hydrogen-bond donors (Lipinski definition) is 0. The highest BCUT2D eigenvalue weighted by Gasteiger charge is 2.25. The zero-order valence-electron chi connectivity index (χ0n) is 8.64. The Kier molecular flexibility index (Phi) is 2.24. The Morgan fingerprint density at radius 2 is 1.81 bits per heavy atom. The molecule has 1 aromatic carbocycles. The van der Waals surface area contributed by atoms with Gasteiger partial charge in [0.05, 0.1) is 5.69 Å². The van der Waals surface area contributed by atoms with Crippen molar-refractivity contribution in [3.8, 4) is 5.69 Å². The molecule has 3 rings (SSSR count). The Morgan fingerprint density at radius 3 is 2.44 bits per heavy atom. The molecule has 0 N–H and O–H groups in total. The molecule has 3 nitrogen and oxygen atoms in total. The summed E-state index contributed by atoms with van der Waals surface area (Å²) in [5.74, 6) is 0. The molecule has 0 spiro atoms. The van der Waals surface area contributed by atoms with E-state index in [1.54, 1.807) is 4.57 Å². The van der Waals surface area contributed by atoms with Crippen LogP contribution in [0.25, 0.3) is 5.69 Å². The first-order valence-corrected chi connectivity index (χ1v) is 6.10. The molecule has 1 saturated carbocycles. The zero-order valence-corrected chi connectivity index (χ0v) is 10.2. The Hall–Kier alpha value is -1.29. The van der Waals surface area contributed by atoms with Gasteiger partial charge in [0, 0.05) is 22.9 Å². The minimum atomic E-state index is 0.0600. The number of benzene rings is 1. The van der Waals surface area contributed by atoms with E-state index < -0.39 is 0 Å². The van der Waals surface area contributed by atoms with Gasteiger partial charge in [-0.25, -0.2) is 4.79 Å². The van der Waals surface area contributed by atoms with Crippen molar-refractivity contribution in [1.82, 2.24) is 9.13 Å². The van der Waals surface area contributed by atoms with E-state index in [2.05, 4.69) is 15.9 Å². The smallest absolute Gasteiger partial charge is 0.296 e. The fourth-order valence-electron chi connectivity index (χ4n) is 1.82. The van der Waals surface area contributed by atoms with Gasteiger partial charge in [-0.1, -0.05) is 15.9 Å². The normalized spacial score (nSPS) is 15.3. The standard InChI is InChI=1S/C12H11BrN2O/c13-9-1-3-10(4-2-9)14-7-8-15(12(14)16)11-5-6-11/h1-4,7-8,11H,5-6H2. The van der Waals surface area contributed by atoms with Gasteiger partial charge in [0.2, 0.25) is 0 Å². The van der Waals surface area contributed by atoms with Crippen LogP contribution in [0.4, 0.5) is 0 Å². The second-order valence-electron chi connectivity index (χ2n) is 4.07. The Balaban J connectivity index is 2.06. The molecule has 0 amide bonds. The maximum Gasteiger partial charge on any atom is 0.332 e. The molecule has 0 saturated heterocycles. The summed E-state index contributed by atoms with van der Waals surface area (Å²) in [5.41, 5.74) is 0.970. The third kappa shape index (κ3) is 1.63. The molecule has 82 valence electrons. The molecule has 0 unspecified atom stereocenters. The summed E-state index contributed by atoms with van der Waals surface area (Å²) in [6.07, 6.45) is 5.97. The third-order valence-electron chi connectivity index (χ3n) is 2.85. The molecule has 16 heavy (non-hydrogen) atoms. The summed E-state index contributed by atoms with van der Waals surface area (Å²) in [5, 5.41) is 0. The van der Waals surface area contributed by atoms with Gasteiger partial charge in [0.1, 0.15) is 0 Å². The van der Waals surface area contributed by atoms with Crippen LogP contribution in [0.1, 0.15) is 18.9 Å². The average molecular weight is 279 g/mol. The molecule has 0 atom stereocenters. The van der Waals surface area contributed by atoms with Crippen LogP contribution in [0.5, 0.6) is 0 Å². The van der Waals surface area contributed by atoms with E-state index in [4.69, 9.17) is 0 Å².